The lowest BCUT2D eigenvalue weighted by Gasteiger charge is -2.26. The Labute approximate surface area is 172 Å². The summed E-state index contributed by atoms with van der Waals surface area (Å²) in [5, 5.41) is 0. The van der Waals surface area contributed by atoms with Crippen molar-refractivity contribution in [2.75, 3.05) is 0 Å². The van der Waals surface area contributed by atoms with Crippen LogP contribution in [0.5, 0.6) is 0 Å². The standard InChI is InChI=1S/C28H36/c1-3-4-5-6-7-8-24-15-19-27(20-16-24)28-21-17-26(18-22-28)14-13-25-11-9-23(2)10-12-25/h9-12,15-16,19-20,26,28H,3-8,17-18,21-22H2,1-2H3/t26-,28-. The fourth-order valence-corrected chi connectivity index (χ4v) is 4.28. The molecule has 0 radical (unpaired) electrons. The maximum atomic E-state index is 3.53. The quantitative estimate of drug-likeness (QED) is 0.343. The third kappa shape index (κ3) is 6.56. The predicted molar refractivity (Wildman–Crippen MR) is 122 cm³/mol. The topological polar surface area (TPSA) is 0 Å². The van der Waals surface area contributed by atoms with Gasteiger partial charge in [-0.05, 0) is 74.6 Å². The van der Waals surface area contributed by atoms with E-state index in [1.807, 2.05) is 0 Å². The molecule has 0 heteroatoms. The van der Waals surface area contributed by atoms with Gasteiger partial charge in [0, 0.05) is 11.5 Å². The monoisotopic (exact) mass is 372 g/mol. The number of benzene rings is 2. The van der Waals surface area contributed by atoms with Crippen LogP contribution < -0.4 is 0 Å². The van der Waals surface area contributed by atoms with Crippen LogP contribution in [0.4, 0.5) is 0 Å². The zero-order valence-corrected chi connectivity index (χ0v) is 17.8. The fraction of sp³-hybridized carbons (Fsp3) is 0.500. The third-order valence-corrected chi connectivity index (χ3v) is 6.22. The molecule has 3 rings (SSSR count). The van der Waals surface area contributed by atoms with E-state index in [-0.39, 0.29) is 0 Å². The van der Waals surface area contributed by atoms with Crippen molar-refractivity contribution in [2.45, 2.75) is 84.0 Å². The highest BCUT2D eigenvalue weighted by atomic mass is 14.2. The highest BCUT2D eigenvalue weighted by Crippen LogP contribution is 2.35. The Morgan fingerprint density at radius 3 is 2.14 bits per heavy atom. The van der Waals surface area contributed by atoms with Crippen molar-refractivity contribution >= 4 is 0 Å². The van der Waals surface area contributed by atoms with E-state index in [1.165, 1.54) is 75.3 Å². The van der Waals surface area contributed by atoms with Gasteiger partial charge in [0.1, 0.15) is 0 Å². The molecule has 0 aromatic heterocycles. The van der Waals surface area contributed by atoms with Crippen molar-refractivity contribution in [1.29, 1.82) is 0 Å². The van der Waals surface area contributed by atoms with Gasteiger partial charge in [-0.1, -0.05) is 86.4 Å². The van der Waals surface area contributed by atoms with E-state index in [2.05, 4.69) is 74.2 Å². The molecule has 2 aromatic rings. The predicted octanol–water partition coefficient (Wildman–Crippen LogP) is 7.83. The Bertz CT molecular complexity index is 746. The lowest BCUT2D eigenvalue weighted by Crippen LogP contribution is -2.12. The summed E-state index contributed by atoms with van der Waals surface area (Å²) >= 11 is 0. The molecule has 0 atom stereocenters. The highest BCUT2D eigenvalue weighted by molar-refractivity contribution is 5.36. The number of aryl methyl sites for hydroxylation is 2. The summed E-state index contributed by atoms with van der Waals surface area (Å²) in [5.74, 6) is 8.21. The smallest absolute Gasteiger partial charge is 0.0245 e. The Hall–Kier alpha value is -2.00. The normalized spacial score (nSPS) is 19.1. The number of unbranched alkanes of at least 4 members (excludes halogenated alkanes) is 4. The second-order valence-corrected chi connectivity index (χ2v) is 8.59. The maximum absolute atomic E-state index is 3.53. The summed E-state index contributed by atoms with van der Waals surface area (Å²) in [7, 11) is 0. The molecule has 1 aliphatic rings. The molecule has 0 spiro atoms. The Kier molecular flexibility index (Phi) is 8.23. The molecular formula is C28H36. The SMILES string of the molecule is CCCCCCCc1ccc([C@H]2CC[C@H](C#Cc3ccc(C)cc3)CC2)cc1. The van der Waals surface area contributed by atoms with Crippen LogP contribution in [0.15, 0.2) is 48.5 Å². The molecule has 0 saturated heterocycles. The first kappa shape index (κ1) is 20.7. The van der Waals surface area contributed by atoms with Gasteiger partial charge in [-0.15, -0.1) is 0 Å². The second kappa shape index (κ2) is 11.1. The molecule has 28 heavy (non-hydrogen) atoms. The molecule has 0 aliphatic heterocycles. The first-order valence-electron chi connectivity index (χ1n) is 11.4. The molecule has 2 aromatic carbocycles. The molecule has 1 saturated carbocycles. The van der Waals surface area contributed by atoms with Gasteiger partial charge in [0.25, 0.3) is 0 Å². The average molecular weight is 373 g/mol. The molecule has 0 amide bonds. The van der Waals surface area contributed by atoms with Crippen LogP contribution in [-0.2, 0) is 6.42 Å². The third-order valence-electron chi connectivity index (χ3n) is 6.22. The van der Waals surface area contributed by atoms with Crippen molar-refractivity contribution in [3.8, 4) is 11.8 Å². The number of hydrogen-bond acceptors (Lipinski definition) is 0. The van der Waals surface area contributed by atoms with Crippen LogP contribution in [0.1, 0.15) is 92.9 Å². The van der Waals surface area contributed by atoms with E-state index in [4.69, 9.17) is 0 Å². The van der Waals surface area contributed by atoms with Crippen molar-refractivity contribution in [3.63, 3.8) is 0 Å². The first-order chi connectivity index (χ1) is 13.7. The molecular weight excluding hydrogens is 336 g/mol. The van der Waals surface area contributed by atoms with E-state index < -0.39 is 0 Å². The summed E-state index contributed by atoms with van der Waals surface area (Å²) in [6.45, 7) is 4.40. The molecule has 1 fully saturated rings. The molecule has 0 bridgehead atoms. The lowest BCUT2D eigenvalue weighted by atomic mass is 9.78. The lowest BCUT2D eigenvalue weighted by molar-refractivity contribution is 0.384. The van der Waals surface area contributed by atoms with Crippen LogP contribution in [0, 0.1) is 24.7 Å². The summed E-state index contributed by atoms with van der Waals surface area (Å²) < 4.78 is 0. The second-order valence-electron chi connectivity index (χ2n) is 8.59. The molecule has 148 valence electrons. The van der Waals surface area contributed by atoms with Gasteiger partial charge in [-0.2, -0.15) is 0 Å². The fourth-order valence-electron chi connectivity index (χ4n) is 4.28. The largest absolute Gasteiger partial charge is 0.0945 e. The Balaban J connectivity index is 1.44. The minimum absolute atomic E-state index is 0.569. The highest BCUT2D eigenvalue weighted by Gasteiger charge is 2.21. The van der Waals surface area contributed by atoms with E-state index in [1.54, 1.807) is 5.56 Å². The maximum Gasteiger partial charge on any atom is 0.0245 e. The summed E-state index contributed by atoms with van der Waals surface area (Å²) in [4.78, 5) is 0. The van der Waals surface area contributed by atoms with E-state index in [9.17, 15) is 0 Å². The summed E-state index contributed by atoms with van der Waals surface area (Å²) in [5.41, 5.74) is 5.50. The summed E-state index contributed by atoms with van der Waals surface area (Å²) in [6, 6.07) is 18.1. The summed E-state index contributed by atoms with van der Waals surface area (Å²) in [6.07, 6.45) is 13.1. The zero-order chi connectivity index (χ0) is 19.6. The van der Waals surface area contributed by atoms with E-state index >= 15 is 0 Å². The van der Waals surface area contributed by atoms with E-state index in [0.29, 0.717) is 5.92 Å². The van der Waals surface area contributed by atoms with E-state index in [0.717, 1.165) is 11.5 Å². The Morgan fingerprint density at radius 2 is 1.46 bits per heavy atom. The minimum Gasteiger partial charge on any atom is -0.0945 e. The van der Waals surface area contributed by atoms with Gasteiger partial charge in [0.2, 0.25) is 0 Å². The zero-order valence-electron chi connectivity index (χ0n) is 17.8. The molecule has 0 N–H and O–H groups in total. The molecule has 1 aliphatic carbocycles. The van der Waals surface area contributed by atoms with Gasteiger partial charge in [0.05, 0.1) is 0 Å². The molecule has 0 unspecified atom stereocenters. The van der Waals surface area contributed by atoms with Crippen LogP contribution in [-0.4, -0.2) is 0 Å². The Morgan fingerprint density at radius 1 is 0.786 bits per heavy atom. The van der Waals surface area contributed by atoms with Gasteiger partial charge in [0.15, 0.2) is 0 Å². The number of hydrogen-bond donors (Lipinski definition) is 0. The van der Waals surface area contributed by atoms with Gasteiger partial charge < -0.3 is 0 Å². The van der Waals surface area contributed by atoms with Crippen molar-refractivity contribution in [3.05, 3.63) is 70.8 Å². The van der Waals surface area contributed by atoms with Crippen LogP contribution in [0.2, 0.25) is 0 Å². The number of rotatable bonds is 7. The van der Waals surface area contributed by atoms with Crippen LogP contribution >= 0.6 is 0 Å². The average Bonchev–Trinajstić information content (AvgIpc) is 2.74. The van der Waals surface area contributed by atoms with Gasteiger partial charge in [-0.25, -0.2) is 0 Å². The van der Waals surface area contributed by atoms with Gasteiger partial charge >= 0.3 is 0 Å². The van der Waals surface area contributed by atoms with Crippen molar-refractivity contribution in [1.82, 2.24) is 0 Å². The molecule has 0 nitrogen and oxygen atoms in total. The minimum atomic E-state index is 0.569. The van der Waals surface area contributed by atoms with Gasteiger partial charge in [-0.3, -0.25) is 0 Å². The van der Waals surface area contributed by atoms with Crippen LogP contribution in [0.3, 0.4) is 0 Å². The van der Waals surface area contributed by atoms with Crippen molar-refractivity contribution in [2.24, 2.45) is 5.92 Å². The van der Waals surface area contributed by atoms with Crippen LogP contribution in [0.25, 0.3) is 0 Å². The molecule has 0 heterocycles. The first-order valence-corrected chi connectivity index (χ1v) is 11.4. The van der Waals surface area contributed by atoms with Crippen molar-refractivity contribution < 1.29 is 0 Å².